The molecule has 2 aromatic rings. The summed E-state index contributed by atoms with van der Waals surface area (Å²) in [6.07, 6.45) is 0.375. The maximum absolute atomic E-state index is 14.9. The van der Waals surface area contributed by atoms with E-state index in [0.29, 0.717) is 50.1 Å². The Bertz CT molecular complexity index is 1990. The van der Waals surface area contributed by atoms with E-state index in [1.54, 1.807) is 35.9 Å². The number of carbonyl (C=O) groups is 4. The lowest BCUT2D eigenvalue weighted by Gasteiger charge is -2.45. The van der Waals surface area contributed by atoms with E-state index in [9.17, 15) is 45.9 Å². The zero-order valence-electron chi connectivity index (χ0n) is 31.7. The number of carbonyl (C=O) groups excluding carboxylic acids is 3. The van der Waals surface area contributed by atoms with Crippen molar-refractivity contribution in [3.05, 3.63) is 42.1 Å². The number of hydrogen-bond donors (Lipinski definition) is 3. The van der Waals surface area contributed by atoms with Crippen molar-refractivity contribution in [2.24, 2.45) is 17.8 Å². The molecule has 6 rings (SSSR count). The summed E-state index contributed by atoms with van der Waals surface area (Å²) in [7, 11) is -4.11. The van der Waals surface area contributed by atoms with Crippen molar-refractivity contribution in [2.45, 2.75) is 120 Å². The fourth-order valence-electron chi connectivity index (χ4n) is 7.73. The molecule has 3 N–H and O–H groups in total. The standard InChI is InChI=1S/C37H47F3N6O8S2/c1-21-8-6-7-9-24-19-36(24,32(49)44-56(52,53)35(5)11-12-35)43-29(47)26-18-25(54-27-17-23(10-13-41-27)30-42-14-15-55-30)20-45(26)31(48)28(22(2)16-21)46(33(50)51)34(3,4)37(38,39)40/h7,9-10,13-15,17,21-22,24-26,28H,6,8,11-12,16,18-20H2,1-5H3,(H,43,47)(H,44,49)(H,50,51)/b9-7-/t21-,22-,24-,25-,26+,28+,36-/m1/s1. The van der Waals surface area contributed by atoms with Crippen molar-refractivity contribution >= 4 is 45.2 Å². The molecule has 0 spiro atoms. The summed E-state index contributed by atoms with van der Waals surface area (Å²) in [4.78, 5) is 65.8. The molecule has 2 saturated carbocycles. The average molecular weight is 825 g/mol. The van der Waals surface area contributed by atoms with Crippen molar-refractivity contribution in [1.29, 1.82) is 0 Å². The van der Waals surface area contributed by atoms with Gasteiger partial charge in [0, 0.05) is 41.7 Å². The predicted molar refractivity (Wildman–Crippen MR) is 199 cm³/mol. The van der Waals surface area contributed by atoms with Gasteiger partial charge in [0.15, 0.2) is 0 Å². The van der Waals surface area contributed by atoms with Crippen LogP contribution in [0.1, 0.15) is 79.6 Å². The van der Waals surface area contributed by atoms with Crippen molar-refractivity contribution < 1.29 is 50.6 Å². The van der Waals surface area contributed by atoms with Gasteiger partial charge in [0.2, 0.25) is 27.7 Å². The van der Waals surface area contributed by atoms with Crippen LogP contribution >= 0.6 is 11.3 Å². The second-order valence-electron chi connectivity index (χ2n) is 16.3. The second kappa shape index (κ2) is 14.9. The Hall–Kier alpha value is -4.26. The van der Waals surface area contributed by atoms with Crippen LogP contribution in [0.2, 0.25) is 0 Å². The molecule has 0 unspecified atom stereocenters. The third-order valence-corrected chi connectivity index (χ3v) is 14.7. The van der Waals surface area contributed by atoms with E-state index >= 15 is 0 Å². The average Bonchev–Trinajstić information content (AvgIpc) is 3.85. The summed E-state index contributed by atoms with van der Waals surface area (Å²) < 4.78 is 77.4. The number of amides is 4. The minimum atomic E-state index is -5.08. The molecule has 14 nitrogen and oxygen atoms in total. The zero-order valence-corrected chi connectivity index (χ0v) is 33.3. The quantitative estimate of drug-likeness (QED) is 0.301. The van der Waals surface area contributed by atoms with Gasteiger partial charge in [-0.2, -0.15) is 13.2 Å². The number of aromatic nitrogens is 2. The Morgan fingerprint density at radius 1 is 1.14 bits per heavy atom. The van der Waals surface area contributed by atoms with Crippen LogP contribution in [0.4, 0.5) is 18.0 Å². The SMILES string of the molecule is C[C@@H]1CC/C=C\[C@@H]2C[C@@]2(C(=O)NS(=O)(=O)C2(C)CC2)NC(=O)[C@@H]2C[C@@H](Oc3cc(-c4nccs4)ccn3)CN2C(=O)[C@@H](N(C(=O)O)C(C)(C)C(F)(F)F)[C@H](C)C1. The van der Waals surface area contributed by atoms with Crippen LogP contribution in [-0.4, -0.2) is 104 Å². The number of fused-ring (bicyclic) bond motifs is 2. The van der Waals surface area contributed by atoms with Crippen LogP contribution in [0.25, 0.3) is 10.6 Å². The number of carboxylic acid groups (broad SMARTS) is 1. The van der Waals surface area contributed by atoms with Gasteiger partial charge in [0.1, 0.15) is 34.3 Å². The van der Waals surface area contributed by atoms with E-state index in [-0.39, 0.29) is 42.5 Å². The van der Waals surface area contributed by atoms with Crippen molar-refractivity contribution in [2.75, 3.05) is 6.54 Å². The van der Waals surface area contributed by atoms with E-state index in [1.807, 2.05) is 6.92 Å². The molecule has 3 fully saturated rings. The summed E-state index contributed by atoms with van der Waals surface area (Å²) in [6, 6.07) is -0.0130. The molecule has 306 valence electrons. The minimum absolute atomic E-state index is 0.0587. The largest absolute Gasteiger partial charge is 0.472 e. The molecular weight excluding hydrogens is 778 g/mol. The van der Waals surface area contributed by atoms with Gasteiger partial charge in [-0.15, -0.1) is 11.3 Å². The summed E-state index contributed by atoms with van der Waals surface area (Å²) >= 11 is 1.38. The maximum Gasteiger partial charge on any atom is 0.411 e. The van der Waals surface area contributed by atoms with E-state index in [2.05, 4.69) is 20.0 Å². The number of alkyl halides is 3. The number of ether oxygens (including phenoxy) is 1. The molecule has 2 aliphatic carbocycles. The van der Waals surface area contributed by atoms with Gasteiger partial charge in [-0.05, 0) is 77.2 Å². The van der Waals surface area contributed by atoms with Gasteiger partial charge in [-0.3, -0.25) is 24.0 Å². The molecule has 2 aliphatic heterocycles. The molecule has 0 aromatic carbocycles. The highest BCUT2D eigenvalue weighted by Gasteiger charge is 2.64. The van der Waals surface area contributed by atoms with Crippen molar-refractivity contribution in [3.63, 3.8) is 0 Å². The van der Waals surface area contributed by atoms with E-state index in [0.717, 1.165) is 4.90 Å². The number of allylic oxidation sites excluding steroid dienone is 1. The molecule has 2 aromatic heterocycles. The Kier molecular flexibility index (Phi) is 11.0. The van der Waals surface area contributed by atoms with Crippen LogP contribution in [0.3, 0.4) is 0 Å². The Morgan fingerprint density at radius 3 is 2.48 bits per heavy atom. The highest BCUT2D eigenvalue weighted by molar-refractivity contribution is 7.91. The van der Waals surface area contributed by atoms with Crippen molar-refractivity contribution in [1.82, 2.24) is 29.8 Å². The van der Waals surface area contributed by atoms with Gasteiger partial charge in [-0.25, -0.2) is 23.2 Å². The number of thiazole rings is 1. The first-order valence-corrected chi connectivity index (χ1v) is 20.9. The highest BCUT2D eigenvalue weighted by Crippen LogP contribution is 2.48. The lowest BCUT2D eigenvalue weighted by atomic mass is 9.85. The number of sulfonamides is 1. The van der Waals surface area contributed by atoms with Gasteiger partial charge in [-0.1, -0.05) is 26.0 Å². The first-order chi connectivity index (χ1) is 26.1. The molecule has 0 radical (unpaired) electrons. The molecular formula is C37H47F3N6O8S2. The first-order valence-electron chi connectivity index (χ1n) is 18.6. The fraction of sp³-hybridized carbons (Fsp3) is 0.622. The van der Waals surface area contributed by atoms with Crippen LogP contribution in [0, 0.1) is 17.8 Å². The molecule has 56 heavy (non-hydrogen) atoms. The molecule has 19 heteroatoms. The first kappa shape index (κ1) is 41.4. The minimum Gasteiger partial charge on any atom is -0.472 e. The topological polar surface area (TPSA) is 188 Å². The zero-order chi connectivity index (χ0) is 41.0. The van der Waals surface area contributed by atoms with E-state index in [4.69, 9.17) is 4.74 Å². The number of pyridine rings is 1. The summed E-state index contributed by atoms with van der Waals surface area (Å²) in [5.74, 6) is -4.45. The Balaban J connectivity index is 1.40. The van der Waals surface area contributed by atoms with Crippen LogP contribution < -0.4 is 14.8 Å². The van der Waals surface area contributed by atoms with Gasteiger partial charge < -0.3 is 20.1 Å². The molecule has 4 heterocycles. The number of hydrogen-bond acceptors (Lipinski definition) is 10. The monoisotopic (exact) mass is 824 g/mol. The van der Waals surface area contributed by atoms with Crippen LogP contribution in [0.15, 0.2) is 42.1 Å². The summed E-state index contributed by atoms with van der Waals surface area (Å²) in [5, 5.41) is 15.6. The van der Waals surface area contributed by atoms with Gasteiger partial charge in [0.05, 0.1) is 11.3 Å². The third-order valence-electron chi connectivity index (χ3n) is 11.7. The number of rotatable bonds is 8. The fourth-order valence-corrected chi connectivity index (χ4v) is 9.68. The lowest BCUT2D eigenvalue weighted by Crippen LogP contribution is -2.66. The molecule has 7 atom stereocenters. The second-order valence-corrected chi connectivity index (χ2v) is 19.4. The normalized spacial score (nSPS) is 30.1. The highest BCUT2D eigenvalue weighted by atomic mass is 32.2. The predicted octanol–water partition coefficient (Wildman–Crippen LogP) is 5.13. The molecule has 4 aliphatic rings. The molecule has 0 bridgehead atoms. The van der Waals surface area contributed by atoms with Crippen LogP contribution in [-0.2, 0) is 24.4 Å². The third kappa shape index (κ3) is 7.97. The Labute approximate surface area is 327 Å². The molecule has 4 amide bonds. The maximum atomic E-state index is 14.9. The number of halogens is 3. The van der Waals surface area contributed by atoms with Gasteiger partial charge >= 0.3 is 12.3 Å². The lowest BCUT2D eigenvalue weighted by molar-refractivity contribution is -0.222. The number of nitrogens with one attached hydrogen (secondary N) is 2. The van der Waals surface area contributed by atoms with Gasteiger partial charge in [0.25, 0.3) is 5.91 Å². The van der Waals surface area contributed by atoms with Crippen molar-refractivity contribution in [3.8, 4) is 16.5 Å². The number of nitrogens with zero attached hydrogens (tertiary/aromatic N) is 4. The summed E-state index contributed by atoms with van der Waals surface area (Å²) in [5.41, 5.74) is -4.05. The van der Waals surface area contributed by atoms with Crippen LogP contribution in [0.5, 0.6) is 5.88 Å². The summed E-state index contributed by atoms with van der Waals surface area (Å²) in [6.45, 7) is 5.94. The van der Waals surface area contributed by atoms with E-state index in [1.165, 1.54) is 31.4 Å². The smallest absolute Gasteiger partial charge is 0.411 e. The molecule has 1 saturated heterocycles. The van der Waals surface area contributed by atoms with E-state index < -0.39 is 85.9 Å². The Morgan fingerprint density at radius 2 is 1.86 bits per heavy atom.